The van der Waals surface area contributed by atoms with E-state index >= 15 is 0 Å². The van der Waals surface area contributed by atoms with Crippen molar-refractivity contribution in [1.29, 1.82) is 0 Å². The molecule has 2 fully saturated rings. The predicted octanol–water partition coefficient (Wildman–Crippen LogP) is 3.08. The molecule has 1 saturated heterocycles. The molecule has 29 heavy (non-hydrogen) atoms. The van der Waals surface area contributed by atoms with Crippen molar-refractivity contribution in [2.45, 2.75) is 84.7 Å². The third-order valence-corrected chi connectivity index (χ3v) is 6.61. The van der Waals surface area contributed by atoms with E-state index in [9.17, 15) is 14.4 Å². The average Bonchev–Trinajstić information content (AvgIpc) is 2.72. The van der Waals surface area contributed by atoms with Gasteiger partial charge in [-0.05, 0) is 44.4 Å². The Balaban J connectivity index is 1.90. The third kappa shape index (κ3) is 6.61. The summed E-state index contributed by atoms with van der Waals surface area (Å²) in [6.07, 6.45) is 6.19. The molecule has 1 aliphatic carbocycles. The molecule has 1 saturated carbocycles. The van der Waals surface area contributed by atoms with Gasteiger partial charge in [0.25, 0.3) is 0 Å². The van der Waals surface area contributed by atoms with Crippen LogP contribution in [0.25, 0.3) is 0 Å². The van der Waals surface area contributed by atoms with Crippen molar-refractivity contribution in [2.24, 2.45) is 17.8 Å². The number of nitrogens with one attached hydrogen (secondary N) is 2. The summed E-state index contributed by atoms with van der Waals surface area (Å²) in [4.78, 5) is 39.4. The van der Waals surface area contributed by atoms with E-state index in [-0.39, 0.29) is 35.8 Å². The van der Waals surface area contributed by atoms with Gasteiger partial charge >= 0.3 is 6.09 Å². The summed E-state index contributed by atoms with van der Waals surface area (Å²) in [5.41, 5.74) is 0. The zero-order chi connectivity index (χ0) is 21.4. The van der Waals surface area contributed by atoms with E-state index in [1.807, 2.05) is 13.8 Å². The van der Waals surface area contributed by atoms with Crippen molar-refractivity contribution in [2.75, 3.05) is 19.7 Å². The second-order valence-electron chi connectivity index (χ2n) is 8.71. The fourth-order valence-corrected chi connectivity index (χ4v) is 4.38. The number of piperidine rings is 1. The first-order chi connectivity index (χ1) is 13.9. The highest BCUT2D eigenvalue weighted by atomic mass is 16.6. The molecule has 0 unspecified atom stereocenters. The molecule has 7 heteroatoms. The Morgan fingerprint density at radius 1 is 1.07 bits per heavy atom. The summed E-state index contributed by atoms with van der Waals surface area (Å²) in [6.45, 7) is 9.50. The first kappa shape index (κ1) is 23.5. The molecule has 166 valence electrons. The molecule has 1 aliphatic heterocycles. The summed E-state index contributed by atoms with van der Waals surface area (Å²) >= 11 is 0. The van der Waals surface area contributed by atoms with Crippen LogP contribution in [0.15, 0.2) is 0 Å². The van der Waals surface area contributed by atoms with Gasteiger partial charge < -0.3 is 20.3 Å². The van der Waals surface area contributed by atoms with Crippen LogP contribution in [0.1, 0.15) is 72.6 Å². The third-order valence-electron chi connectivity index (χ3n) is 6.61. The van der Waals surface area contributed by atoms with Crippen LogP contribution in [0, 0.1) is 17.8 Å². The van der Waals surface area contributed by atoms with Crippen LogP contribution in [0.3, 0.4) is 0 Å². The number of nitrogens with zero attached hydrogens (tertiary/aromatic N) is 1. The van der Waals surface area contributed by atoms with Crippen molar-refractivity contribution < 1.29 is 19.1 Å². The molecule has 2 rings (SSSR count). The predicted molar refractivity (Wildman–Crippen MR) is 112 cm³/mol. The minimum atomic E-state index is -0.510. The molecule has 2 aliphatic rings. The van der Waals surface area contributed by atoms with Crippen molar-refractivity contribution in [3.05, 3.63) is 0 Å². The highest BCUT2D eigenvalue weighted by Gasteiger charge is 2.34. The number of likely N-dealkylation sites (tertiary alicyclic amines) is 1. The molecule has 0 aromatic rings. The van der Waals surface area contributed by atoms with E-state index in [0.717, 1.165) is 25.7 Å². The molecule has 0 aromatic carbocycles. The molecule has 0 aromatic heterocycles. The van der Waals surface area contributed by atoms with Gasteiger partial charge in [-0.15, -0.1) is 0 Å². The number of hydrogen-bond acceptors (Lipinski definition) is 4. The Kier molecular flexibility index (Phi) is 9.24. The van der Waals surface area contributed by atoms with E-state index in [1.54, 1.807) is 11.8 Å². The molecule has 1 heterocycles. The maximum atomic E-state index is 13.0. The summed E-state index contributed by atoms with van der Waals surface area (Å²) in [6, 6.07) is -0.491. The molecule has 0 spiro atoms. The maximum Gasteiger partial charge on any atom is 0.409 e. The number of carbonyl (C=O) groups is 3. The van der Waals surface area contributed by atoms with Crippen LogP contribution >= 0.6 is 0 Å². The minimum absolute atomic E-state index is 0.0101. The van der Waals surface area contributed by atoms with E-state index in [1.165, 1.54) is 6.42 Å². The van der Waals surface area contributed by atoms with Crippen molar-refractivity contribution in [1.82, 2.24) is 15.5 Å². The highest BCUT2D eigenvalue weighted by molar-refractivity contribution is 5.89. The van der Waals surface area contributed by atoms with Gasteiger partial charge in [-0.25, -0.2) is 4.79 Å². The lowest BCUT2D eigenvalue weighted by Gasteiger charge is -2.34. The molecule has 0 radical (unpaired) electrons. The summed E-state index contributed by atoms with van der Waals surface area (Å²) in [5, 5.41) is 6.18. The first-order valence-corrected chi connectivity index (χ1v) is 11.4. The minimum Gasteiger partial charge on any atom is -0.450 e. The van der Waals surface area contributed by atoms with Gasteiger partial charge in [-0.1, -0.05) is 40.0 Å². The van der Waals surface area contributed by atoms with E-state index < -0.39 is 6.04 Å². The van der Waals surface area contributed by atoms with Crippen LogP contribution in [0.4, 0.5) is 4.79 Å². The summed E-state index contributed by atoms with van der Waals surface area (Å²) in [5.74, 6) is 0.366. The summed E-state index contributed by atoms with van der Waals surface area (Å²) in [7, 11) is 0. The Morgan fingerprint density at radius 2 is 1.72 bits per heavy atom. The average molecular weight is 410 g/mol. The molecule has 4 atom stereocenters. The lowest BCUT2D eigenvalue weighted by molar-refractivity contribution is -0.134. The molecule has 7 nitrogen and oxygen atoms in total. The highest BCUT2D eigenvalue weighted by Crippen LogP contribution is 2.30. The number of carbonyl (C=O) groups excluding carboxylic acids is 3. The molecular weight excluding hydrogens is 370 g/mol. The number of ether oxygens (including phenoxy) is 1. The molecule has 2 N–H and O–H groups in total. The van der Waals surface area contributed by atoms with Gasteiger partial charge in [0.15, 0.2) is 0 Å². The largest absolute Gasteiger partial charge is 0.450 e. The first-order valence-electron chi connectivity index (χ1n) is 11.4. The Labute approximate surface area is 175 Å². The fourth-order valence-electron chi connectivity index (χ4n) is 4.38. The molecule has 3 amide bonds. The van der Waals surface area contributed by atoms with Crippen molar-refractivity contribution in [3.8, 4) is 0 Å². The van der Waals surface area contributed by atoms with Crippen LogP contribution in [0.5, 0.6) is 0 Å². The van der Waals surface area contributed by atoms with Gasteiger partial charge in [0.2, 0.25) is 11.8 Å². The zero-order valence-electron chi connectivity index (χ0n) is 18.5. The van der Waals surface area contributed by atoms with Gasteiger partial charge in [0.1, 0.15) is 6.04 Å². The topological polar surface area (TPSA) is 87.7 Å². The standard InChI is InChI=1S/C22H39N3O4/c1-5-15(3)19(24-20(26)18-10-8-7-9-16(18)4)21(27)23-17-11-13-25(14-12-17)22(28)29-6-2/h15-19H,5-14H2,1-4H3,(H,23,27)(H,24,26)/t15-,16-,18-,19-/m1/s1. The second kappa shape index (κ2) is 11.4. The number of rotatable bonds is 7. The maximum absolute atomic E-state index is 13.0. The van der Waals surface area contributed by atoms with Crippen molar-refractivity contribution in [3.63, 3.8) is 0 Å². The number of amides is 3. The molecule has 0 bridgehead atoms. The van der Waals surface area contributed by atoms with Crippen LogP contribution < -0.4 is 10.6 Å². The quantitative estimate of drug-likeness (QED) is 0.676. The molecular formula is C22H39N3O4. The van der Waals surface area contributed by atoms with Crippen LogP contribution in [-0.4, -0.2) is 54.6 Å². The van der Waals surface area contributed by atoms with Crippen LogP contribution in [0.2, 0.25) is 0 Å². The Bertz CT molecular complexity index is 560. The normalized spacial score (nSPS) is 25.0. The number of hydrogen-bond donors (Lipinski definition) is 2. The smallest absolute Gasteiger partial charge is 0.409 e. The summed E-state index contributed by atoms with van der Waals surface area (Å²) < 4.78 is 5.04. The van der Waals surface area contributed by atoms with E-state index in [2.05, 4.69) is 17.6 Å². The van der Waals surface area contributed by atoms with E-state index in [4.69, 9.17) is 4.74 Å². The second-order valence-corrected chi connectivity index (χ2v) is 8.71. The lowest BCUT2D eigenvalue weighted by Crippen LogP contribution is -2.55. The van der Waals surface area contributed by atoms with Gasteiger partial charge in [-0.3, -0.25) is 9.59 Å². The zero-order valence-corrected chi connectivity index (χ0v) is 18.5. The SMILES string of the molecule is CCOC(=O)N1CCC(NC(=O)[C@H](NC(=O)[C@@H]2CCCC[C@H]2C)[C@H](C)CC)CC1. The van der Waals surface area contributed by atoms with Gasteiger partial charge in [-0.2, -0.15) is 0 Å². The van der Waals surface area contributed by atoms with Crippen LogP contribution in [-0.2, 0) is 14.3 Å². The fraction of sp³-hybridized carbons (Fsp3) is 0.864. The Hall–Kier alpha value is -1.79. The van der Waals surface area contributed by atoms with E-state index in [0.29, 0.717) is 38.5 Å². The van der Waals surface area contributed by atoms with Gasteiger partial charge in [0.05, 0.1) is 6.61 Å². The van der Waals surface area contributed by atoms with Gasteiger partial charge in [0, 0.05) is 25.0 Å². The monoisotopic (exact) mass is 409 g/mol. The Morgan fingerprint density at radius 3 is 2.31 bits per heavy atom. The van der Waals surface area contributed by atoms with Crippen molar-refractivity contribution >= 4 is 17.9 Å². The lowest BCUT2D eigenvalue weighted by atomic mass is 9.79.